The number of imidazole rings is 1. The predicted octanol–water partition coefficient (Wildman–Crippen LogP) is 5.48. The molecule has 1 aliphatic carbocycles. The van der Waals surface area contributed by atoms with E-state index in [0.29, 0.717) is 17.1 Å². The molecule has 2 aromatic heterocycles. The van der Waals surface area contributed by atoms with E-state index in [1.54, 1.807) is 6.20 Å². The highest BCUT2D eigenvalue weighted by Gasteiger charge is 2.23. The summed E-state index contributed by atoms with van der Waals surface area (Å²) < 4.78 is 1.82. The van der Waals surface area contributed by atoms with Crippen molar-refractivity contribution in [1.82, 2.24) is 14.6 Å². The highest BCUT2D eigenvalue weighted by molar-refractivity contribution is 6.30. The molecule has 4 N–H and O–H groups in total. The minimum Gasteiger partial charge on any atom is -0.365 e. The molecule has 7 heteroatoms. The lowest BCUT2D eigenvalue weighted by atomic mass is 9.91. The third-order valence-electron chi connectivity index (χ3n) is 5.83. The summed E-state index contributed by atoms with van der Waals surface area (Å²) in [4.78, 5) is 4.58. The van der Waals surface area contributed by atoms with Gasteiger partial charge in [-0.25, -0.2) is 9.50 Å². The van der Waals surface area contributed by atoms with Gasteiger partial charge in [-0.05, 0) is 55.5 Å². The number of rotatable bonds is 5. The van der Waals surface area contributed by atoms with Gasteiger partial charge >= 0.3 is 0 Å². The minimum absolute atomic E-state index is 0.299. The van der Waals surface area contributed by atoms with Crippen LogP contribution in [0.15, 0.2) is 67.0 Å². The van der Waals surface area contributed by atoms with E-state index in [1.165, 1.54) is 0 Å². The Morgan fingerprint density at radius 3 is 2.45 bits per heavy atom. The highest BCUT2D eigenvalue weighted by Crippen LogP contribution is 2.39. The van der Waals surface area contributed by atoms with Crippen LogP contribution in [0.3, 0.4) is 0 Å². The summed E-state index contributed by atoms with van der Waals surface area (Å²) in [6, 6.07) is 18.6. The molecule has 1 fully saturated rings. The molecular formula is C24H25ClN6. The lowest BCUT2D eigenvalue weighted by Gasteiger charge is -2.28. The van der Waals surface area contributed by atoms with Crippen LogP contribution < -0.4 is 16.4 Å². The number of anilines is 3. The first-order valence-corrected chi connectivity index (χ1v) is 11.0. The van der Waals surface area contributed by atoms with E-state index in [9.17, 15) is 0 Å². The average Bonchev–Trinajstić information content (AvgIpc) is 3.26. The Morgan fingerprint density at radius 1 is 0.968 bits per heavy atom. The molecule has 158 valence electrons. The third-order valence-corrected chi connectivity index (χ3v) is 6.08. The lowest BCUT2D eigenvalue weighted by Crippen LogP contribution is -2.33. The Balaban J connectivity index is 1.65. The molecule has 0 atom stereocenters. The minimum atomic E-state index is 0.299. The first-order chi connectivity index (χ1) is 15.2. The summed E-state index contributed by atoms with van der Waals surface area (Å²) in [5.74, 6) is 0.826. The van der Waals surface area contributed by atoms with Crippen LogP contribution in [0.5, 0.6) is 0 Å². The molecule has 0 unspecified atom stereocenters. The quantitative estimate of drug-likeness (QED) is 0.389. The van der Waals surface area contributed by atoms with Gasteiger partial charge in [0.05, 0.1) is 11.3 Å². The van der Waals surface area contributed by atoms with Gasteiger partial charge in [0.25, 0.3) is 0 Å². The number of nitrogens with two attached hydrogens (primary N) is 1. The Hall–Kier alpha value is -3.09. The second-order valence-corrected chi connectivity index (χ2v) is 8.48. The summed E-state index contributed by atoms with van der Waals surface area (Å²) in [6.07, 6.45) is 7.76. The van der Waals surface area contributed by atoms with Gasteiger partial charge in [0.2, 0.25) is 0 Å². The summed E-state index contributed by atoms with van der Waals surface area (Å²) >= 11 is 6.18. The van der Waals surface area contributed by atoms with Crippen LogP contribution in [0.25, 0.3) is 16.8 Å². The van der Waals surface area contributed by atoms with Gasteiger partial charge in [0.15, 0.2) is 11.5 Å². The molecule has 1 aliphatic rings. The van der Waals surface area contributed by atoms with Crippen molar-refractivity contribution in [3.8, 4) is 11.1 Å². The van der Waals surface area contributed by atoms with Crippen LogP contribution >= 0.6 is 11.6 Å². The molecule has 0 radical (unpaired) electrons. The van der Waals surface area contributed by atoms with E-state index in [-0.39, 0.29) is 0 Å². The van der Waals surface area contributed by atoms with Gasteiger partial charge < -0.3 is 16.4 Å². The zero-order valence-electron chi connectivity index (χ0n) is 17.1. The maximum absolute atomic E-state index is 6.18. The smallest absolute Gasteiger partial charge is 0.178 e. The van der Waals surface area contributed by atoms with Gasteiger partial charge in [-0.2, -0.15) is 0 Å². The first-order valence-electron chi connectivity index (χ1n) is 10.6. The maximum Gasteiger partial charge on any atom is 0.178 e. The van der Waals surface area contributed by atoms with E-state index in [4.69, 9.17) is 22.4 Å². The number of benzene rings is 2. The molecular weight excluding hydrogens is 408 g/mol. The Labute approximate surface area is 186 Å². The first kappa shape index (κ1) is 19.8. The number of hydrogen-bond donors (Lipinski definition) is 3. The third kappa shape index (κ3) is 4.22. The van der Waals surface area contributed by atoms with Crippen LogP contribution in [0.4, 0.5) is 17.2 Å². The van der Waals surface area contributed by atoms with Crippen molar-refractivity contribution >= 4 is 34.4 Å². The number of halogens is 1. The maximum atomic E-state index is 6.18. The average molecular weight is 433 g/mol. The van der Waals surface area contributed by atoms with E-state index in [1.807, 2.05) is 65.3 Å². The highest BCUT2D eigenvalue weighted by atomic mass is 35.5. The molecule has 0 bridgehead atoms. The number of nitrogens with one attached hydrogen (secondary N) is 2. The van der Waals surface area contributed by atoms with Crippen LogP contribution in [0, 0.1) is 0 Å². The van der Waals surface area contributed by atoms with Gasteiger partial charge in [0, 0.05) is 35.2 Å². The summed E-state index contributed by atoms with van der Waals surface area (Å²) in [5.41, 5.74) is 10.8. The predicted molar refractivity (Wildman–Crippen MR) is 127 cm³/mol. The van der Waals surface area contributed by atoms with Crippen molar-refractivity contribution < 1.29 is 0 Å². The fraction of sp³-hybridized carbons (Fsp3) is 0.250. The number of para-hydroxylation sites is 1. The van der Waals surface area contributed by atoms with Crippen molar-refractivity contribution in [2.24, 2.45) is 5.73 Å². The Bertz CT molecular complexity index is 1160. The summed E-state index contributed by atoms with van der Waals surface area (Å²) in [7, 11) is 0. The normalized spacial score (nSPS) is 18.8. The molecule has 2 aromatic carbocycles. The van der Waals surface area contributed by atoms with Crippen LogP contribution in [-0.4, -0.2) is 26.7 Å². The van der Waals surface area contributed by atoms with Crippen molar-refractivity contribution in [2.75, 3.05) is 10.6 Å². The zero-order chi connectivity index (χ0) is 21.2. The molecule has 0 aliphatic heterocycles. The molecule has 31 heavy (non-hydrogen) atoms. The van der Waals surface area contributed by atoms with Crippen LogP contribution in [0.2, 0.25) is 5.02 Å². The lowest BCUT2D eigenvalue weighted by molar-refractivity contribution is 0.410. The molecule has 5 rings (SSSR count). The molecule has 6 nitrogen and oxygen atoms in total. The summed E-state index contributed by atoms with van der Waals surface area (Å²) in [6.45, 7) is 0. The molecule has 0 amide bonds. The number of fused-ring (bicyclic) bond motifs is 1. The van der Waals surface area contributed by atoms with E-state index < -0.39 is 0 Å². The van der Waals surface area contributed by atoms with Gasteiger partial charge in [-0.1, -0.05) is 41.9 Å². The molecule has 4 aromatic rings. The SMILES string of the molecule is NC1CCC(Nc2nn3ccnc3c(Nc3ccccc3)c2-c2ccc(Cl)cc2)CC1. The van der Waals surface area contributed by atoms with Gasteiger partial charge in [-0.15, -0.1) is 5.10 Å². The second-order valence-electron chi connectivity index (χ2n) is 8.05. The second kappa shape index (κ2) is 8.57. The molecule has 0 saturated heterocycles. The van der Waals surface area contributed by atoms with E-state index >= 15 is 0 Å². The van der Waals surface area contributed by atoms with Crippen molar-refractivity contribution in [3.63, 3.8) is 0 Å². The Morgan fingerprint density at radius 2 is 1.71 bits per heavy atom. The van der Waals surface area contributed by atoms with Crippen molar-refractivity contribution in [2.45, 2.75) is 37.8 Å². The fourth-order valence-electron chi connectivity index (χ4n) is 4.18. The number of hydrogen-bond acceptors (Lipinski definition) is 5. The fourth-order valence-corrected chi connectivity index (χ4v) is 4.31. The zero-order valence-corrected chi connectivity index (χ0v) is 17.9. The van der Waals surface area contributed by atoms with E-state index in [2.05, 4.69) is 15.6 Å². The molecule has 1 saturated carbocycles. The van der Waals surface area contributed by atoms with Crippen molar-refractivity contribution in [1.29, 1.82) is 0 Å². The number of nitrogens with zero attached hydrogens (tertiary/aromatic N) is 3. The monoisotopic (exact) mass is 432 g/mol. The standard InChI is InChI=1S/C24H25ClN6/c25-17-8-6-16(7-9-17)21-22(28-19-4-2-1-3-5-19)24-27-14-15-31(24)30-23(21)29-20-12-10-18(26)11-13-20/h1-9,14-15,18,20,28H,10-13,26H2,(H,29,30). The van der Waals surface area contributed by atoms with E-state index in [0.717, 1.165) is 59.7 Å². The number of aromatic nitrogens is 3. The van der Waals surface area contributed by atoms with Crippen molar-refractivity contribution in [3.05, 3.63) is 72.0 Å². The Kier molecular flexibility index (Phi) is 5.49. The summed E-state index contributed by atoms with van der Waals surface area (Å²) in [5, 5.41) is 12.9. The van der Waals surface area contributed by atoms with Gasteiger partial charge in [-0.3, -0.25) is 0 Å². The molecule has 2 heterocycles. The van der Waals surface area contributed by atoms with Gasteiger partial charge in [0.1, 0.15) is 0 Å². The topological polar surface area (TPSA) is 80.3 Å². The molecule has 0 spiro atoms. The largest absolute Gasteiger partial charge is 0.365 e. The van der Waals surface area contributed by atoms with Crippen LogP contribution in [0.1, 0.15) is 25.7 Å². The van der Waals surface area contributed by atoms with Crippen LogP contribution in [-0.2, 0) is 0 Å².